The molecule has 1 rings (SSSR count). The van der Waals surface area contributed by atoms with Crippen molar-refractivity contribution in [3.63, 3.8) is 0 Å². The molecule has 0 spiro atoms. The number of methoxy groups -OCH3 is 2. The molecular formula is C13H20N2O3. The van der Waals surface area contributed by atoms with Crippen LogP contribution in [-0.2, 0) is 11.3 Å². The first kappa shape index (κ1) is 14.3. The molecule has 0 aliphatic carbocycles. The molecule has 5 nitrogen and oxygen atoms in total. The van der Waals surface area contributed by atoms with Crippen LogP contribution in [0, 0.1) is 0 Å². The SMILES string of the molecule is CNC(C)C(=O)NCc1ccc(OC)c(OC)c1. The Balaban J connectivity index is 2.66. The zero-order valence-electron chi connectivity index (χ0n) is 11.2. The van der Waals surface area contributed by atoms with E-state index in [9.17, 15) is 4.79 Å². The second-order valence-corrected chi connectivity index (χ2v) is 3.92. The number of likely N-dealkylation sites (N-methyl/N-ethyl adjacent to an activating group) is 1. The van der Waals surface area contributed by atoms with E-state index in [1.54, 1.807) is 21.3 Å². The topological polar surface area (TPSA) is 59.6 Å². The van der Waals surface area contributed by atoms with Gasteiger partial charge in [0.05, 0.1) is 20.3 Å². The number of rotatable bonds is 6. The van der Waals surface area contributed by atoms with Crippen molar-refractivity contribution in [2.24, 2.45) is 0 Å². The summed E-state index contributed by atoms with van der Waals surface area (Å²) in [5.74, 6) is 1.30. The number of ether oxygens (including phenoxy) is 2. The van der Waals surface area contributed by atoms with Crippen molar-refractivity contribution in [3.05, 3.63) is 23.8 Å². The molecule has 0 fully saturated rings. The van der Waals surface area contributed by atoms with Crippen LogP contribution in [0.5, 0.6) is 11.5 Å². The molecule has 0 bridgehead atoms. The molecular weight excluding hydrogens is 232 g/mol. The van der Waals surface area contributed by atoms with Crippen molar-refractivity contribution in [2.45, 2.75) is 19.5 Å². The Labute approximate surface area is 107 Å². The second-order valence-electron chi connectivity index (χ2n) is 3.92. The van der Waals surface area contributed by atoms with E-state index in [-0.39, 0.29) is 11.9 Å². The van der Waals surface area contributed by atoms with Crippen molar-refractivity contribution in [2.75, 3.05) is 21.3 Å². The van der Waals surface area contributed by atoms with E-state index in [0.717, 1.165) is 5.56 Å². The Morgan fingerprint density at radius 2 is 1.94 bits per heavy atom. The van der Waals surface area contributed by atoms with Gasteiger partial charge in [0.15, 0.2) is 11.5 Å². The standard InChI is InChI=1S/C13H20N2O3/c1-9(14-2)13(16)15-8-10-5-6-11(17-3)12(7-10)18-4/h5-7,9,14H,8H2,1-4H3,(H,15,16). The predicted molar refractivity (Wildman–Crippen MR) is 69.9 cm³/mol. The van der Waals surface area contributed by atoms with Gasteiger partial charge in [0.2, 0.25) is 5.91 Å². The highest BCUT2D eigenvalue weighted by Crippen LogP contribution is 2.27. The molecule has 1 amide bonds. The van der Waals surface area contributed by atoms with E-state index >= 15 is 0 Å². The zero-order chi connectivity index (χ0) is 13.5. The molecule has 0 radical (unpaired) electrons. The number of hydrogen-bond donors (Lipinski definition) is 2. The lowest BCUT2D eigenvalue weighted by atomic mass is 10.2. The molecule has 100 valence electrons. The molecule has 0 aliphatic rings. The van der Waals surface area contributed by atoms with E-state index in [2.05, 4.69) is 10.6 Å². The van der Waals surface area contributed by atoms with Crippen LogP contribution in [0.2, 0.25) is 0 Å². The van der Waals surface area contributed by atoms with E-state index in [0.29, 0.717) is 18.0 Å². The van der Waals surface area contributed by atoms with Crippen LogP contribution in [0.4, 0.5) is 0 Å². The summed E-state index contributed by atoms with van der Waals surface area (Å²) < 4.78 is 10.4. The molecule has 2 N–H and O–H groups in total. The Hall–Kier alpha value is -1.75. The number of carbonyl (C=O) groups is 1. The lowest BCUT2D eigenvalue weighted by Crippen LogP contribution is -2.39. The van der Waals surface area contributed by atoms with Gasteiger partial charge in [-0.05, 0) is 31.7 Å². The summed E-state index contributed by atoms with van der Waals surface area (Å²) in [6.07, 6.45) is 0. The van der Waals surface area contributed by atoms with Crippen molar-refractivity contribution in [1.82, 2.24) is 10.6 Å². The van der Waals surface area contributed by atoms with Crippen molar-refractivity contribution < 1.29 is 14.3 Å². The van der Waals surface area contributed by atoms with Gasteiger partial charge in [0, 0.05) is 6.54 Å². The molecule has 1 unspecified atom stereocenters. The quantitative estimate of drug-likeness (QED) is 0.790. The maximum absolute atomic E-state index is 11.6. The summed E-state index contributed by atoms with van der Waals surface area (Å²) in [7, 11) is 4.93. The van der Waals surface area contributed by atoms with Gasteiger partial charge in [0.25, 0.3) is 0 Å². The third-order valence-electron chi connectivity index (χ3n) is 2.74. The van der Waals surface area contributed by atoms with Crippen LogP contribution < -0.4 is 20.1 Å². The molecule has 0 heterocycles. The molecule has 0 aliphatic heterocycles. The maximum atomic E-state index is 11.6. The van der Waals surface area contributed by atoms with Crippen LogP contribution >= 0.6 is 0 Å². The summed E-state index contributed by atoms with van der Waals surface area (Å²) in [5, 5.41) is 5.73. The van der Waals surface area contributed by atoms with E-state index in [4.69, 9.17) is 9.47 Å². The lowest BCUT2D eigenvalue weighted by molar-refractivity contribution is -0.122. The normalized spacial score (nSPS) is 11.8. The fourth-order valence-electron chi connectivity index (χ4n) is 1.46. The maximum Gasteiger partial charge on any atom is 0.237 e. The molecule has 18 heavy (non-hydrogen) atoms. The third-order valence-corrected chi connectivity index (χ3v) is 2.74. The first-order chi connectivity index (χ1) is 8.62. The highest BCUT2D eigenvalue weighted by atomic mass is 16.5. The molecule has 1 aromatic rings. The molecule has 1 atom stereocenters. The van der Waals surface area contributed by atoms with E-state index in [1.165, 1.54) is 0 Å². The molecule has 0 saturated carbocycles. The number of amides is 1. The summed E-state index contributed by atoms with van der Waals surface area (Å²) >= 11 is 0. The highest BCUT2D eigenvalue weighted by Gasteiger charge is 2.10. The fourth-order valence-corrected chi connectivity index (χ4v) is 1.46. The Morgan fingerprint density at radius 1 is 1.28 bits per heavy atom. The van der Waals surface area contributed by atoms with Crippen molar-refractivity contribution >= 4 is 5.91 Å². The third kappa shape index (κ3) is 3.63. The minimum absolute atomic E-state index is 0.0349. The smallest absolute Gasteiger partial charge is 0.237 e. The van der Waals surface area contributed by atoms with Gasteiger partial charge < -0.3 is 20.1 Å². The molecule has 1 aromatic carbocycles. The molecule has 0 saturated heterocycles. The number of nitrogens with one attached hydrogen (secondary N) is 2. The van der Waals surface area contributed by atoms with Crippen LogP contribution in [0.15, 0.2) is 18.2 Å². The van der Waals surface area contributed by atoms with E-state index < -0.39 is 0 Å². The zero-order valence-corrected chi connectivity index (χ0v) is 11.2. The Kier molecular flexibility index (Phi) is 5.45. The van der Waals surface area contributed by atoms with Gasteiger partial charge in [-0.2, -0.15) is 0 Å². The van der Waals surface area contributed by atoms with Gasteiger partial charge >= 0.3 is 0 Å². The minimum atomic E-state index is -0.204. The van der Waals surface area contributed by atoms with Crippen molar-refractivity contribution in [1.29, 1.82) is 0 Å². The number of hydrogen-bond acceptors (Lipinski definition) is 4. The fraction of sp³-hybridized carbons (Fsp3) is 0.462. The summed E-state index contributed by atoms with van der Waals surface area (Å²) in [6, 6.07) is 5.36. The van der Waals surface area contributed by atoms with Gasteiger partial charge in [-0.1, -0.05) is 6.07 Å². The number of benzene rings is 1. The Morgan fingerprint density at radius 3 is 2.50 bits per heavy atom. The van der Waals surface area contributed by atoms with Gasteiger partial charge in [-0.15, -0.1) is 0 Å². The van der Waals surface area contributed by atoms with E-state index in [1.807, 2.05) is 25.1 Å². The van der Waals surface area contributed by atoms with Gasteiger partial charge in [-0.25, -0.2) is 0 Å². The summed E-state index contributed by atoms with van der Waals surface area (Å²) in [5.41, 5.74) is 0.962. The average Bonchev–Trinajstić information content (AvgIpc) is 2.43. The summed E-state index contributed by atoms with van der Waals surface area (Å²) in [6.45, 7) is 2.27. The Bertz CT molecular complexity index is 407. The van der Waals surface area contributed by atoms with Gasteiger partial charge in [0.1, 0.15) is 0 Å². The lowest BCUT2D eigenvalue weighted by Gasteiger charge is -2.12. The molecule has 5 heteroatoms. The van der Waals surface area contributed by atoms with Crippen molar-refractivity contribution in [3.8, 4) is 11.5 Å². The average molecular weight is 252 g/mol. The highest BCUT2D eigenvalue weighted by molar-refractivity contribution is 5.81. The summed E-state index contributed by atoms with van der Waals surface area (Å²) in [4.78, 5) is 11.6. The van der Waals surface area contributed by atoms with Gasteiger partial charge in [-0.3, -0.25) is 4.79 Å². The van der Waals surface area contributed by atoms with Crippen LogP contribution in [0.25, 0.3) is 0 Å². The molecule has 0 aromatic heterocycles. The first-order valence-electron chi connectivity index (χ1n) is 5.78. The van der Waals surface area contributed by atoms with Crippen LogP contribution in [0.1, 0.15) is 12.5 Å². The first-order valence-corrected chi connectivity index (χ1v) is 5.78. The van der Waals surface area contributed by atoms with Crippen LogP contribution in [0.3, 0.4) is 0 Å². The second kappa shape index (κ2) is 6.86. The largest absolute Gasteiger partial charge is 0.493 e. The van der Waals surface area contributed by atoms with Crippen LogP contribution in [-0.4, -0.2) is 33.2 Å². The number of carbonyl (C=O) groups excluding carboxylic acids is 1. The predicted octanol–water partition coefficient (Wildman–Crippen LogP) is 0.928. The monoisotopic (exact) mass is 252 g/mol. The minimum Gasteiger partial charge on any atom is -0.493 e.